The van der Waals surface area contributed by atoms with Gasteiger partial charge in [-0.05, 0) is 24.6 Å². The van der Waals surface area contributed by atoms with Gasteiger partial charge in [-0.3, -0.25) is 9.59 Å². The molecule has 126 valence electrons. The van der Waals surface area contributed by atoms with E-state index >= 15 is 0 Å². The summed E-state index contributed by atoms with van der Waals surface area (Å²) in [7, 11) is 0. The van der Waals surface area contributed by atoms with Crippen LogP contribution >= 0.6 is 0 Å². The molecule has 1 aliphatic heterocycles. The number of piperazine rings is 1. The van der Waals surface area contributed by atoms with Crippen LogP contribution in [0.15, 0.2) is 41.0 Å². The normalized spacial score (nSPS) is 14.8. The van der Waals surface area contributed by atoms with Gasteiger partial charge in [0.05, 0.1) is 12.0 Å². The molecule has 0 N–H and O–H groups in total. The Morgan fingerprint density at radius 3 is 2.42 bits per heavy atom. The minimum atomic E-state index is -0.366. The average Bonchev–Trinajstić information content (AvgIpc) is 3.03. The third kappa shape index (κ3) is 3.48. The second-order valence-corrected chi connectivity index (χ2v) is 5.89. The topological polar surface area (TPSA) is 53.8 Å². The first kappa shape index (κ1) is 16.2. The van der Waals surface area contributed by atoms with Gasteiger partial charge in [0.15, 0.2) is 0 Å². The second-order valence-electron chi connectivity index (χ2n) is 5.89. The van der Waals surface area contributed by atoms with Crippen molar-refractivity contribution in [2.75, 3.05) is 26.2 Å². The Morgan fingerprint density at radius 2 is 1.79 bits per heavy atom. The van der Waals surface area contributed by atoms with Crippen LogP contribution in [0.25, 0.3) is 0 Å². The van der Waals surface area contributed by atoms with Gasteiger partial charge in [0.25, 0.3) is 5.91 Å². The van der Waals surface area contributed by atoms with Crippen LogP contribution in [0.3, 0.4) is 0 Å². The zero-order valence-corrected chi connectivity index (χ0v) is 13.5. The molecule has 1 saturated heterocycles. The summed E-state index contributed by atoms with van der Waals surface area (Å²) in [6, 6.07) is 8.00. The highest BCUT2D eigenvalue weighted by Crippen LogP contribution is 2.14. The Kier molecular flexibility index (Phi) is 4.64. The number of rotatable bonds is 3. The minimum absolute atomic E-state index is 0.0432. The van der Waals surface area contributed by atoms with Gasteiger partial charge >= 0.3 is 0 Å². The van der Waals surface area contributed by atoms with Crippen molar-refractivity contribution < 1.29 is 18.4 Å². The highest BCUT2D eigenvalue weighted by molar-refractivity contribution is 5.94. The van der Waals surface area contributed by atoms with Crippen molar-refractivity contribution >= 4 is 11.8 Å². The van der Waals surface area contributed by atoms with E-state index in [0.29, 0.717) is 43.1 Å². The number of aryl methyl sites for hydroxylation is 1. The number of carbonyl (C=O) groups excluding carboxylic acids is 2. The van der Waals surface area contributed by atoms with Gasteiger partial charge in [0.1, 0.15) is 17.8 Å². The van der Waals surface area contributed by atoms with Gasteiger partial charge in [-0.2, -0.15) is 0 Å². The quantitative estimate of drug-likeness (QED) is 0.867. The van der Waals surface area contributed by atoms with Crippen LogP contribution in [0, 0.1) is 12.7 Å². The fourth-order valence-electron chi connectivity index (χ4n) is 2.81. The molecule has 2 amide bonds. The molecule has 0 bridgehead atoms. The molecule has 0 spiro atoms. The SMILES string of the molecule is Cc1cc(C(=O)N2CCN(C(=O)Cc3ccccc3F)CC2)co1. The second kappa shape index (κ2) is 6.86. The lowest BCUT2D eigenvalue weighted by atomic mass is 10.1. The number of furan rings is 1. The lowest BCUT2D eigenvalue weighted by Gasteiger charge is -2.34. The summed E-state index contributed by atoms with van der Waals surface area (Å²) in [5, 5.41) is 0. The summed E-state index contributed by atoms with van der Waals surface area (Å²) >= 11 is 0. The minimum Gasteiger partial charge on any atom is -0.469 e. The molecule has 1 aromatic heterocycles. The Bertz CT molecular complexity index is 748. The predicted molar refractivity (Wildman–Crippen MR) is 86.0 cm³/mol. The molecule has 0 saturated carbocycles. The number of carbonyl (C=O) groups is 2. The average molecular weight is 330 g/mol. The maximum absolute atomic E-state index is 13.6. The number of benzene rings is 1. The van der Waals surface area contributed by atoms with E-state index < -0.39 is 0 Å². The number of halogens is 1. The molecule has 2 aromatic rings. The molecule has 1 aliphatic rings. The van der Waals surface area contributed by atoms with Gasteiger partial charge in [0, 0.05) is 26.2 Å². The van der Waals surface area contributed by atoms with Crippen molar-refractivity contribution in [3.63, 3.8) is 0 Å². The summed E-state index contributed by atoms with van der Waals surface area (Å²) in [6.07, 6.45) is 1.49. The van der Waals surface area contributed by atoms with Crippen LogP contribution in [-0.4, -0.2) is 47.8 Å². The number of hydrogen-bond acceptors (Lipinski definition) is 3. The Labute approximate surface area is 139 Å². The molecular weight excluding hydrogens is 311 g/mol. The smallest absolute Gasteiger partial charge is 0.257 e. The summed E-state index contributed by atoms with van der Waals surface area (Å²) in [4.78, 5) is 28.0. The van der Waals surface area contributed by atoms with Crippen molar-refractivity contribution in [1.82, 2.24) is 9.80 Å². The van der Waals surface area contributed by atoms with Crippen molar-refractivity contribution in [3.05, 3.63) is 59.3 Å². The van der Waals surface area contributed by atoms with Gasteiger partial charge in [-0.15, -0.1) is 0 Å². The fraction of sp³-hybridized carbons (Fsp3) is 0.333. The van der Waals surface area contributed by atoms with E-state index in [4.69, 9.17) is 4.42 Å². The van der Waals surface area contributed by atoms with Crippen LogP contribution in [0.2, 0.25) is 0 Å². The van der Waals surface area contributed by atoms with E-state index in [1.165, 1.54) is 12.3 Å². The molecule has 0 unspecified atom stereocenters. The monoisotopic (exact) mass is 330 g/mol. The van der Waals surface area contributed by atoms with Crippen LogP contribution in [0.5, 0.6) is 0 Å². The van der Waals surface area contributed by atoms with Crippen molar-refractivity contribution in [2.45, 2.75) is 13.3 Å². The van der Waals surface area contributed by atoms with Gasteiger partial charge in [-0.25, -0.2) is 4.39 Å². The zero-order chi connectivity index (χ0) is 17.1. The van der Waals surface area contributed by atoms with E-state index in [2.05, 4.69) is 0 Å². The van der Waals surface area contributed by atoms with Crippen molar-refractivity contribution in [1.29, 1.82) is 0 Å². The van der Waals surface area contributed by atoms with E-state index in [1.54, 1.807) is 41.0 Å². The molecule has 6 heteroatoms. The Morgan fingerprint density at radius 1 is 1.12 bits per heavy atom. The van der Waals surface area contributed by atoms with Gasteiger partial charge < -0.3 is 14.2 Å². The highest BCUT2D eigenvalue weighted by atomic mass is 19.1. The molecule has 3 rings (SSSR count). The first-order valence-electron chi connectivity index (χ1n) is 7.90. The molecule has 2 heterocycles. The molecule has 5 nitrogen and oxygen atoms in total. The first-order valence-corrected chi connectivity index (χ1v) is 7.90. The molecule has 1 aromatic carbocycles. The maximum Gasteiger partial charge on any atom is 0.257 e. The van der Waals surface area contributed by atoms with Crippen molar-refractivity contribution in [2.24, 2.45) is 0 Å². The highest BCUT2D eigenvalue weighted by Gasteiger charge is 2.25. The summed E-state index contributed by atoms with van der Waals surface area (Å²) < 4.78 is 18.8. The predicted octanol–water partition coefficient (Wildman–Crippen LogP) is 2.25. The standard InChI is InChI=1S/C18H19FN2O3/c1-13-10-15(12-24-13)18(23)21-8-6-20(7-9-21)17(22)11-14-4-2-3-5-16(14)19/h2-5,10,12H,6-9,11H2,1H3. The van der Waals surface area contributed by atoms with Crippen LogP contribution in [0.4, 0.5) is 4.39 Å². The molecule has 1 fully saturated rings. The lowest BCUT2D eigenvalue weighted by Crippen LogP contribution is -2.51. The van der Waals surface area contributed by atoms with Crippen LogP contribution in [-0.2, 0) is 11.2 Å². The number of hydrogen-bond donors (Lipinski definition) is 0. The Balaban J connectivity index is 1.56. The third-order valence-electron chi connectivity index (χ3n) is 4.20. The number of nitrogens with zero attached hydrogens (tertiary/aromatic N) is 2. The summed E-state index contributed by atoms with van der Waals surface area (Å²) in [5.74, 6) is 0.117. The van der Waals surface area contributed by atoms with E-state index in [9.17, 15) is 14.0 Å². The first-order chi connectivity index (χ1) is 11.5. The summed E-state index contributed by atoms with van der Waals surface area (Å²) in [5.41, 5.74) is 0.925. The van der Waals surface area contributed by atoms with Crippen molar-refractivity contribution in [3.8, 4) is 0 Å². The molecular formula is C18H19FN2O3. The van der Waals surface area contributed by atoms with Crippen LogP contribution in [0.1, 0.15) is 21.7 Å². The Hall–Kier alpha value is -2.63. The lowest BCUT2D eigenvalue weighted by molar-refractivity contribution is -0.132. The molecule has 0 atom stereocenters. The van der Waals surface area contributed by atoms with E-state index in [-0.39, 0.29) is 24.1 Å². The number of amides is 2. The zero-order valence-electron chi connectivity index (χ0n) is 13.5. The van der Waals surface area contributed by atoms with Gasteiger partial charge in [-0.1, -0.05) is 18.2 Å². The van der Waals surface area contributed by atoms with E-state index in [1.807, 2.05) is 0 Å². The third-order valence-corrected chi connectivity index (χ3v) is 4.20. The fourth-order valence-corrected chi connectivity index (χ4v) is 2.81. The molecule has 0 radical (unpaired) electrons. The van der Waals surface area contributed by atoms with Gasteiger partial charge in [0.2, 0.25) is 5.91 Å². The summed E-state index contributed by atoms with van der Waals surface area (Å²) in [6.45, 7) is 3.62. The molecule has 24 heavy (non-hydrogen) atoms. The van der Waals surface area contributed by atoms with Crippen LogP contribution < -0.4 is 0 Å². The maximum atomic E-state index is 13.6. The largest absolute Gasteiger partial charge is 0.469 e. The van der Waals surface area contributed by atoms with E-state index in [0.717, 1.165) is 0 Å². The molecule has 0 aliphatic carbocycles.